The molecule has 0 N–H and O–H groups in total. The minimum Gasteiger partial charge on any atom is -0.272 e. The van der Waals surface area contributed by atoms with Gasteiger partial charge in [-0.25, -0.2) is 4.98 Å². The molecule has 0 saturated heterocycles. The number of fused-ring (bicyclic) bond motifs is 1. The minimum atomic E-state index is 0.0325. The smallest absolute Gasteiger partial charge is 0.250 e. The van der Waals surface area contributed by atoms with E-state index in [1.807, 2.05) is 31.2 Å². The molecule has 0 unspecified atom stereocenters. The van der Waals surface area contributed by atoms with Crippen LogP contribution in [0, 0.1) is 6.92 Å². The second-order valence-electron chi connectivity index (χ2n) is 3.99. The number of carbonyl (C=O) groups is 1. The van der Waals surface area contributed by atoms with Gasteiger partial charge in [0.15, 0.2) is 11.0 Å². The number of carbonyl (C=O) groups excluding carboxylic acids is 1. The molecular weight excluding hydrogens is 234 g/mol. The molecule has 5 heteroatoms. The Morgan fingerprint density at radius 1 is 1.41 bits per heavy atom. The van der Waals surface area contributed by atoms with Crippen molar-refractivity contribution < 1.29 is 4.79 Å². The SMILES string of the molecule is Cc1cccc(-c2nc3n(n2)C(=O)CCS3)c1. The number of hydrogen-bond donors (Lipinski definition) is 0. The molecule has 4 nitrogen and oxygen atoms in total. The largest absolute Gasteiger partial charge is 0.272 e. The lowest BCUT2D eigenvalue weighted by Crippen LogP contribution is -2.18. The summed E-state index contributed by atoms with van der Waals surface area (Å²) in [7, 11) is 0. The molecule has 17 heavy (non-hydrogen) atoms. The molecule has 0 radical (unpaired) electrons. The lowest BCUT2D eigenvalue weighted by Gasteiger charge is -2.07. The Kier molecular flexibility index (Phi) is 2.48. The van der Waals surface area contributed by atoms with E-state index < -0.39 is 0 Å². The number of aromatic nitrogens is 3. The van der Waals surface area contributed by atoms with E-state index in [1.54, 1.807) is 11.8 Å². The van der Waals surface area contributed by atoms with Gasteiger partial charge in [-0.3, -0.25) is 4.79 Å². The Labute approximate surface area is 103 Å². The van der Waals surface area contributed by atoms with Gasteiger partial charge >= 0.3 is 0 Å². The lowest BCUT2D eigenvalue weighted by atomic mass is 10.1. The zero-order valence-corrected chi connectivity index (χ0v) is 10.2. The highest BCUT2D eigenvalue weighted by Gasteiger charge is 2.21. The van der Waals surface area contributed by atoms with Crippen LogP contribution in [0.15, 0.2) is 29.4 Å². The first-order chi connectivity index (χ1) is 8.24. The second kappa shape index (κ2) is 4.00. The highest BCUT2D eigenvalue weighted by atomic mass is 32.2. The van der Waals surface area contributed by atoms with Gasteiger partial charge in [-0.15, -0.1) is 5.10 Å². The molecular formula is C12H11N3OS. The summed E-state index contributed by atoms with van der Waals surface area (Å²) in [5, 5.41) is 4.98. The normalized spacial score (nSPS) is 14.8. The molecule has 2 aromatic rings. The summed E-state index contributed by atoms with van der Waals surface area (Å²) in [6.07, 6.45) is 0.536. The van der Waals surface area contributed by atoms with Gasteiger partial charge in [0.2, 0.25) is 5.91 Å². The van der Waals surface area contributed by atoms with Gasteiger partial charge < -0.3 is 0 Å². The molecule has 0 atom stereocenters. The zero-order chi connectivity index (χ0) is 11.8. The van der Waals surface area contributed by atoms with E-state index in [0.717, 1.165) is 16.9 Å². The summed E-state index contributed by atoms with van der Waals surface area (Å²) in [6.45, 7) is 2.03. The fourth-order valence-corrected chi connectivity index (χ4v) is 2.67. The standard InChI is InChI=1S/C12H11N3OS/c1-8-3-2-4-9(7-8)11-13-12-15(14-11)10(16)5-6-17-12/h2-4,7H,5-6H2,1H3. The van der Waals surface area contributed by atoms with Gasteiger partial charge in [0.05, 0.1) is 0 Å². The first kappa shape index (κ1) is 10.5. The highest BCUT2D eigenvalue weighted by Crippen LogP contribution is 2.26. The quantitative estimate of drug-likeness (QED) is 0.774. The van der Waals surface area contributed by atoms with Crippen molar-refractivity contribution in [1.82, 2.24) is 14.8 Å². The van der Waals surface area contributed by atoms with Gasteiger partial charge in [0, 0.05) is 17.7 Å². The fourth-order valence-electron chi connectivity index (χ4n) is 1.80. The van der Waals surface area contributed by atoms with E-state index in [9.17, 15) is 4.79 Å². The van der Waals surface area contributed by atoms with Crippen LogP contribution in [0.1, 0.15) is 16.8 Å². The summed E-state index contributed by atoms with van der Waals surface area (Å²) in [5.41, 5.74) is 2.12. The molecule has 0 bridgehead atoms. The fraction of sp³-hybridized carbons (Fsp3) is 0.250. The van der Waals surface area contributed by atoms with Crippen LogP contribution in [0.2, 0.25) is 0 Å². The van der Waals surface area contributed by atoms with Crippen LogP contribution in [-0.4, -0.2) is 26.4 Å². The van der Waals surface area contributed by atoms with E-state index in [-0.39, 0.29) is 5.91 Å². The molecule has 1 aromatic heterocycles. The first-order valence-corrected chi connectivity index (χ1v) is 6.43. The number of aryl methyl sites for hydroxylation is 1. The summed E-state index contributed by atoms with van der Waals surface area (Å²) in [4.78, 5) is 16.1. The predicted octanol–water partition coefficient (Wildman–Crippen LogP) is 2.39. The molecule has 0 saturated carbocycles. The molecule has 2 heterocycles. The number of hydrogen-bond acceptors (Lipinski definition) is 4. The Bertz CT molecular complexity index is 591. The van der Waals surface area contributed by atoms with Crippen molar-refractivity contribution in [2.24, 2.45) is 0 Å². The van der Waals surface area contributed by atoms with E-state index >= 15 is 0 Å². The molecule has 86 valence electrons. The third kappa shape index (κ3) is 1.86. The topological polar surface area (TPSA) is 47.8 Å². The van der Waals surface area contributed by atoms with Crippen LogP contribution >= 0.6 is 11.8 Å². The first-order valence-electron chi connectivity index (χ1n) is 5.44. The van der Waals surface area contributed by atoms with Crippen LogP contribution in [0.5, 0.6) is 0 Å². The maximum absolute atomic E-state index is 11.6. The third-order valence-electron chi connectivity index (χ3n) is 2.64. The Hall–Kier alpha value is -1.62. The van der Waals surface area contributed by atoms with Crippen LogP contribution < -0.4 is 0 Å². The zero-order valence-electron chi connectivity index (χ0n) is 9.38. The van der Waals surface area contributed by atoms with Crippen molar-refractivity contribution in [1.29, 1.82) is 0 Å². The van der Waals surface area contributed by atoms with Gasteiger partial charge in [0.1, 0.15) is 0 Å². The average Bonchev–Trinajstić information content (AvgIpc) is 2.74. The summed E-state index contributed by atoms with van der Waals surface area (Å²) in [6, 6.07) is 7.99. The summed E-state index contributed by atoms with van der Waals surface area (Å²) < 4.78 is 1.42. The van der Waals surface area contributed by atoms with E-state index in [4.69, 9.17) is 0 Å². The molecule has 0 spiro atoms. The van der Waals surface area contributed by atoms with Crippen LogP contribution in [0.3, 0.4) is 0 Å². The molecule has 0 amide bonds. The monoisotopic (exact) mass is 245 g/mol. The summed E-state index contributed by atoms with van der Waals surface area (Å²) in [5.74, 6) is 1.46. The number of rotatable bonds is 1. The predicted molar refractivity (Wildman–Crippen MR) is 66.2 cm³/mol. The molecule has 1 aliphatic heterocycles. The number of benzene rings is 1. The molecule has 3 rings (SSSR count). The second-order valence-corrected chi connectivity index (χ2v) is 5.05. The Morgan fingerprint density at radius 3 is 3.06 bits per heavy atom. The van der Waals surface area contributed by atoms with E-state index in [2.05, 4.69) is 10.1 Å². The molecule has 1 aliphatic rings. The number of nitrogens with zero attached hydrogens (tertiary/aromatic N) is 3. The van der Waals surface area contributed by atoms with Gasteiger partial charge in [0.25, 0.3) is 0 Å². The number of thioether (sulfide) groups is 1. The molecule has 0 aliphatic carbocycles. The van der Waals surface area contributed by atoms with Crippen molar-refractivity contribution in [2.45, 2.75) is 18.5 Å². The van der Waals surface area contributed by atoms with E-state index in [1.165, 1.54) is 4.68 Å². The summed E-state index contributed by atoms with van der Waals surface area (Å²) >= 11 is 1.58. The van der Waals surface area contributed by atoms with Crippen molar-refractivity contribution >= 4 is 17.7 Å². The van der Waals surface area contributed by atoms with Crippen molar-refractivity contribution in [3.63, 3.8) is 0 Å². The van der Waals surface area contributed by atoms with E-state index in [0.29, 0.717) is 17.4 Å². The van der Waals surface area contributed by atoms with Crippen LogP contribution in [-0.2, 0) is 0 Å². The minimum absolute atomic E-state index is 0.0325. The average molecular weight is 245 g/mol. The van der Waals surface area contributed by atoms with Gasteiger partial charge in [-0.2, -0.15) is 4.68 Å². The lowest BCUT2D eigenvalue weighted by molar-refractivity contribution is 0.0878. The molecule has 0 fully saturated rings. The van der Waals surface area contributed by atoms with Gasteiger partial charge in [-0.1, -0.05) is 35.5 Å². The van der Waals surface area contributed by atoms with Crippen LogP contribution in [0.4, 0.5) is 0 Å². The third-order valence-corrected chi connectivity index (χ3v) is 3.57. The Balaban J connectivity index is 2.08. The van der Waals surface area contributed by atoms with Gasteiger partial charge in [-0.05, 0) is 13.0 Å². The molecule has 1 aromatic carbocycles. The van der Waals surface area contributed by atoms with Crippen molar-refractivity contribution in [3.8, 4) is 11.4 Å². The Morgan fingerprint density at radius 2 is 2.29 bits per heavy atom. The highest BCUT2D eigenvalue weighted by molar-refractivity contribution is 7.99. The maximum Gasteiger partial charge on any atom is 0.250 e. The van der Waals surface area contributed by atoms with Crippen molar-refractivity contribution in [2.75, 3.05) is 5.75 Å². The van der Waals surface area contributed by atoms with Crippen molar-refractivity contribution in [3.05, 3.63) is 29.8 Å². The maximum atomic E-state index is 11.6. The van der Waals surface area contributed by atoms with Crippen LogP contribution in [0.25, 0.3) is 11.4 Å².